The van der Waals surface area contributed by atoms with E-state index in [0.717, 1.165) is 24.3 Å². The van der Waals surface area contributed by atoms with Gasteiger partial charge in [-0.25, -0.2) is 0 Å². The molecule has 17 heavy (non-hydrogen) atoms. The van der Waals surface area contributed by atoms with Crippen molar-refractivity contribution < 1.29 is 4.79 Å². The third-order valence-corrected chi connectivity index (χ3v) is 4.47. The molecule has 0 unspecified atom stereocenters. The highest BCUT2D eigenvalue weighted by molar-refractivity contribution is 6.30. The number of nitrogens with zero attached hydrogens (tertiary/aromatic N) is 1. The molecule has 2 aliphatic rings. The van der Waals surface area contributed by atoms with Crippen LogP contribution < -0.4 is 0 Å². The number of likely N-dealkylation sites (tertiary alicyclic amines) is 1. The fourth-order valence-corrected chi connectivity index (χ4v) is 3.51. The zero-order valence-electron chi connectivity index (χ0n) is 9.95. The van der Waals surface area contributed by atoms with Crippen LogP contribution in [0.1, 0.15) is 36.3 Å². The molecule has 0 saturated carbocycles. The van der Waals surface area contributed by atoms with E-state index >= 15 is 0 Å². The molecule has 1 saturated heterocycles. The fraction of sp³-hybridized carbons (Fsp3) is 0.500. The van der Waals surface area contributed by atoms with Crippen LogP contribution in [0.15, 0.2) is 18.2 Å². The van der Waals surface area contributed by atoms with Gasteiger partial charge in [-0.3, -0.25) is 4.79 Å². The Morgan fingerprint density at radius 2 is 2.12 bits per heavy atom. The van der Waals surface area contributed by atoms with E-state index in [9.17, 15) is 4.79 Å². The minimum absolute atomic E-state index is 0.295. The van der Waals surface area contributed by atoms with Gasteiger partial charge in [0.25, 0.3) is 0 Å². The van der Waals surface area contributed by atoms with Crippen LogP contribution in [0.5, 0.6) is 0 Å². The van der Waals surface area contributed by atoms with E-state index < -0.39 is 0 Å². The van der Waals surface area contributed by atoms with E-state index in [1.165, 1.54) is 11.1 Å². The summed E-state index contributed by atoms with van der Waals surface area (Å²) >= 11 is 6.04. The van der Waals surface area contributed by atoms with Crippen LogP contribution in [0.2, 0.25) is 5.02 Å². The van der Waals surface area contributed by atoms with Gasteiger partial charge in [-0.15, -0.1) is 0 Å². The van der Waals surface area contributed by atoms with Gasteiger partial charge in [-0.2, -0.15) is 0 Å². The van der Waals surface area contributed by atoms with Crippen molar-refractivity contribution in [3.05, 3.63) is 34.3 Å². The standard InChI is InChI=1S/C14H16ClNO/c1-16-13-6-2-9-8-10(15)3-4-11(9)12(13)5-7-14(16)17/h3-4,8,12-13H,2,5-7H2,1H3/t12-,13-/m0/s1. The number of benzene rings is 1. The molecule has 3 rings (SSSR count). The summed E-state index contributed by atoms with van der Waals surface area (Å²) < 4.78 is 0. The normalized spacial score (nSPS) is 27.6. The Hall–Kier alpha value is -1.02. The summed E-state index contributed by atoms with van der Waals surface area (Å²) in [5, 5.41) is 0.822. The minimum Gasteiger partial charge on any atom is -0.342 e. The van der Waals surface area contributed by atoms with Crippen molar-refractivity contribution in [2.75, 3.05) is 7.05 Å². The Balaban J connectivity index is 1.99. The first-order valence-electron chi connectivity index (χ1n) is 6.21. The molecule has 1 amide bonds. The van der Waals surface area contributed by atoms with Crippen LogP contribution in [-0.4, -0.2) is 23.9 Å². The number of piperidine rings is 1. The molecule has 0 aromatic heterocycles. The number of carbonyl (C=O) groups is 1. The number of rotatable bonds is 0. The van der Waals surface area contributed by atoms with Crippen LogP contribution in [0.3, 0.4) is 0 Å². The maximum atomic E-state index is 11.7. The summed E-state index contributed by atoms with van der Waals surface area (Å²) in [6.45, 7) is 0. The predicted octanol–water partition coefficient (Wildman–Crippen LogP) is 2.99. The first kappa shape index (κ1) is 11.1. The van der Waals surface area contributed by atoms with Crippen molar-refractivity contribution in [1.29, 1.82) is 0 Å². The van der Waals surface area contributed by atoms with Crippen molar-refractivity contribution in [1.82, 2.24) is 4.90 Å². The van der Waals surface area contributed by atoms with Crippen LogP contribution in [0, 0.1) is 0 Å². The number of hydrogen-bond acceptors (Lipinski definition) is 1. The van der Waals surface area contributed by atoms with E-state index in [4.69, 9.17) is 11.6 Å². The third-order valence-electron chi connectivity index (χ3n) is 4.24. The molecule has 3 heteroatoms. The van der Waals surface area contributed by atoms with E-state index in [1.54, 1.807) is 0 Å². The maximum Gasteiger partial charge on any atom is 0.222 e. The van der Waals surface area contributed by atoms with Gasteiger partial charge in [0.1, 0.15) is 0 Å². The first-order chi connectivity index (χ1) is 8.16. The fourth-order valence-electron chi connectivity index (χ4n) is 3.32. The summed E-state index contributed by atoms with van der Waals surface area (Å²) in [6.07, 6.45) is 3.77. The SMILES string of the molecule is CN1C(=O)CC[C@H]2c3ccc(Cl)cc3CC[C@@H]21. The van der Waals surface area contributed by atoms with Crippen molar-refractivity contribution in [3.63, 3.8) is 0 Å². The number of amides is 1. The second-order valence-corrected chi connectivity index (χ2v) is 5.54. The Labute approximate surface area is 107 Å². The van der Waals surface area contributed by atoms with Crippen molar-refractivity contribution in [3.8, 4) is 0 Å². The molecule has 2 atom stereocenters. The summed E-state index contributed by atoms with van der Waals surface area (Å²) in [5.74, 6) is 0.808. The highest BCUT2D eigenvalue weighted by Gasteiger charge is 2.37. The van der Waals surface area contributed by atoms with Crippen LogP contribution in [0.25, 0.3) is 0 Å². The van der Waals surface area contributed by atoms with Gasteiger partial charge in [0, 0.05) is 30.5 Å². The zero-order chi connectivity index (χ0) is 12.0. The number of aryl methyl sites for hydroxylation is 1. The molecule has 0 bridgehead atoms. The molecule has 1 aliphatic heterocycles. The summed E-state index contributed by atoms with van der Waals surface area (Å²) in [5.41, 5.74) is 2.78. The first-order valence-corrected chi connectivity index (χ1v) is 6.58. The smallest absolute Gasteiger partial charge is 0.222 e. The third kappa shape index (κ3) is 1.75. The average Bonchev–Trinajstić information content (AvgIpc) is 2.33. The maximum absolute atomic E-state index is 11.7. The lowest BCUT2D eigenvalue weighted by Gasteiger charge is -2.43. The van der Waals surface area contributed by atoms with Gasteiger partial charge >= 0.3 is 0 Å². The van der Waals surface area contributed by atoms with Gasteiger partial charge in [0.15, 0.2) is 0 Å². The van der Waals surface area contributed by atoms with Gasteiger partial charge in [-0.05, 0) is 42.5 Å². The molecule has 2 nitrogen and oxygen atoms in total. The summed E-state index contributed by atoms with van der Waals surface area (Å²) in [4.78, 5) is 13.7. The molecule has 1 aromatic carbocycles. The highest BCUT2D eigenvalue weighted by Crippen LogP contribution is 2.41. The molecular formula is C14H16ClNO. The largest absolute Gasteiger partial charge is 0.342 e. The second kappa shape index (κ2) is 4.02. The van der Waals surface area contributed by atoms with E-state index in [1.807, 2.05) is 18.0 Å². The average molecular weight is 250 g/mol. The second-order valence-electron chi connectivity index (χ2n) is 5.10. The Kier molecular flexibility index (Phi) is 2.62. The molecule has 0 N–H and O–H groups in total. The van der Waals surface area contributed by atoms with Gasteiger partial charge in [0.05, 0.1) is 0 Å². The molecule has 1 aromatic rings. The number of fused-ring (bicyclic) bond motifs is 3. The molecule has 0 radical (unpaired) electrons. The summed E-state index contributed by atoms with van der Waals surface area (Å²) in [7, 11) is 1.94. The van der Waals surface area contributed by atoms with Crippen LogP contribution in [-0.2, 0) is 11.2 Å². The number of likely N-dealkylation sites (N-methyl/N-ethyl adjacent to an activating group) is 1. The molecule has 90 valence electrons. The quantitative estimate of drug-likeness (QED) is 0.692. The number of carbonyl (C=O) groups excluding carboxylic acids is 1. The van der Waals surface area contributed by atoms with Gasteiger partial charge in [0.2, 0.25) is 5.91 Å². The van der Waals surface area contributed by atoms with Crippen molar-refractivity contribution in [2.24, 2.45) is 0 Å². The minimum atomic E-state index is 0.295. The lowest BCUT2D eigenvalue weighted by atomic mass is 9.74. The lowest BCUT2D eigenvalue weighted by Crippen LogP contribution is -2.47. The molecule has 1 fully saturated rings. The molecule has 0 spiro atoms. The van der Waals surface area contributed by atoms with Crippen molar-refractivity contribution in [2.45, 2.75) is 37.6 Å². The van der Waals surface area contributed by atoms with E-state index in [0.29, 0.717) is 24.3 Å². The Bertz CT molecular complexity index is 471. The Morgan fingerprint density at radius 1 is 1.29 bits per heavy atom. The highest BCUT2D eigenvalue weighted by atomic mass is 35.5. The number of hydrogen-bond donors (Lipinski definition) is 0. The number of halogens is 1. The van der Waals surface area contributed by atoms with Crippen LogP contribution >= 0.6 is 11.6 Å². The lowest BCUT2D eigenvalue weighted by molar-refractivity contribution is -0.135. The van der Waals surface area contributed by atoms with Crippen molar-refractivity contribution >= 4 is 17.5 Å². The molecule has 1 heterocycles. The van der Waals surface area contributed by atoms with Gasteiger partial charge in [-0.1, -0.05) is 17.7 Å². The molecular weight excluding hydrogens is 234 g/mol. The predicted molar refractivity (Wildman–Crippen MR) is 68.3 cm³/mol. The zero-order valence-corrected chi connectivity index (χ0v) is 10.7. The monoisotopic (exact) mass is 249 g/mol. The topological polar surface area (TPSA) is 20.3 Å². The Morgan fingerprint density at radius 3 is 2.94 bits per heavy atom. The summed E-state index contributed by atoms with van der Waals surface area (Å²) in [6, 6.07) is 6.60. The van der Waals surface area contributed by atoms with Crippen LogP contribution in [0.4, 0.5) is 0 Å². The van der Waals surface area contributed by atoms with E-state index in [-0.39, 0.29) is 0 Å². The van der Waals surface area contributed by atoms with Gasteiger partial charge < -0.3 is 4.90 Å². The van der Waals surface area contributed by atoms with E-state index in [2.05, 4.69) is 12.1 Å². The molecule has 1 aliphatic carbocycles.